The molecule has 12 nitrogen and oxygen atoms in total. The van der Waals surface area contributed by atoms with Crippen molar-refractivity contribution in [2.75, 3.05) is 13.7 Å². The molecule has 3 rings (SSSR count). The first kappa shape index (κ1) is 25.6. The Morgan fingerprint density at radius 3 is 2.31 bits per heavy atom. The van der Waals surface area contributed by atoms with Gasteiger partial charge in [0, 0.05) is 6.07 Å². The van der Waals surface area contributed by atoms with Crippen LogP contribution in [0.1, 0.15) is 16.7 Å². The maximum atomic E-state index is 12.1. The Bertz CT molecular complexity index is 1320. The lowest BCUT2D eigenvalue weighted by molar-refractivity contribution is -0.394. The van der Waals surface area contributed by atoms with Crippen molar-refractivity contribution in [2.45, 2.75) is 13.8 Å². The molecule has 1 amide bonds. The Morgan fingerprint density at radius 1 is 0.972 bits per heavy atom. The Labute approximate surface area is 205 Å². The van der Waals surface area contributed by atoms with E-state index in [0.29, 0.717) is 11.3 Å². The third-order valence-electron chi connectivity index (χ3n) is 4.92. The van der Waals surface area contributed by atoms with Gasteiger partial charge in [0.05, 0.1) is 29.2 Å². The fourth-order valence-corrected chi connectivity index (χ4v) is 3.19. The van der Waals surface area contributed by atoms with Crippen LogP contribution in [0.25, 0.3) is 0 Å². The lowest BCUT2D eigenvalue weighted by Gasteiger charge is -2.11. The number of methoxy groups -OCH3 is 1. The lowest BCUT2D eigenvalue weighted by Crippen LogP contribution is -2.25. The topological polar surface area (TPSA) is 155 Å². The van der Waals surface area contributed by atoms with Crippen LogP contribution in [0.5, 0.6) is 23.0 Å². The molecule has 0 heterocycles. The first-order chi connectivity index (χ1) is 17.2. The highest BCUT2D eigenvalue weighted by molar-refractivity contribution is 5.83. The Kier molecular flexibility index (Phi) is 8.13. The van der Waals surface area contributed by atoms with E-state index in [1.54, 1.807) is 6.07 Å². The summed E-state index contributed by atoms with van der Waals surface area (Å²) in [5.74, 6) is 0.354. The number of aryl methyl sites for hydroxylation is 2. The predicted octanol–water partition coefficient (Wildman–Crippen LogP) is 4.45. The van der Waals surface area contributed by atoms with Crippen molar-refractivity contribution >= 4 is 23.5 Å². The SMILES string of the molecule is COc1cc(/C=N/NC(=O)COc2c(C)cccc2C)ccc1Oc1ccc([N+](=O)[O-])cc1[N+](=O)[O-]. The van der Waals surface area contributed by atoms with Crippen LogP contribution in [-0.4, -0.2) is 35.7 Å². The summed E-state index contributed by atoms with van der Waals surface area (Å²) in [5.41, 5.74) is 3.74. The zero-order valence-electron chi connectivity index (χ0n) is 19.6. The van der Waals surface area contributed by atoms with Crippen molar-refractivity contribution < 1.29 is 28.9 Å². The third-order valence-corrected chi connectivity index (χ3v) is 4.92. The number of carbonyl (C=O) groups excluding carboxylic acids is 1. The van der Waals surface area contributed by atoms with Crippen molar-refractivity contribution in [3.63, 3.8) is 0 Å². The summed E-state index contributed by atoms with van der Waals surface area (Å²) >= 11 is 0. The number of hydrazone groups is 1. The first-order valence-electron chi connectivity index (χ1n) is 10.5. The van der Waals surface area contributed by atoms with Crippen LogP contribution >= 0.6 is 0 Å². The molecule has 12 heteroatoms. The average Bonchev–Trinajstić information content (AvgIpc) is 2.84. The van der Waals surface area contributed by atoms with Crippen LogP contribution in [0, 0.1) is 34.1 Å². The van der Waals surface area contributed by atoms with E-state index in [1.807, 2.05) is 32.0 Å². The van der Waals surface area contributed by atoms with Crippen LogP contribution in [0.2, 0.25) is 0 Å². The van der Waals surface area contributed by atoms with Crippen molar-refractivity contribution in [3.8, 4) is 23.0 Å². The van der Waals surface area contributed by atoms with Crippen molar-refractivity contribution in [1.29, 1.82) is 0 Å². The highest BCUT2D eigenvalue weighted by Gasteiger charge is 2.22. The number of carbonyl (C=O) groups is 1. The van der Waals surface area contributed by atoms with Gasteiger partial charge < -0.3 is 14.2 Å². The maximum absolute atomic E-state index is 12.1. The van der Waals surface area contributed by atoms with Gasteiger partial charge in [-0.3, -0.25) is 25.0 Å². The van der Waals surface area contributed by atoms with Crippen LogP contribution in [0.4, 0.5) is 11.4 Å². The van der Waals surface area contributed by atoms with Gasteiger partial charge in [0.2, 0.25) is 5.75 Å². The monoisotopic (exact) mass is 494 g/mol. The lowest BCUT2D eigenvalue weighted by atomic mass is 10.1. The van der Waals surface area contributed by atoms with Crippen molar-refractivity contribution in [3.05, 3.63) is 91.5 Å². The first-order valence-corrected chi connectivity index (χ1v) is 10.5. The molecule has 186 valence electrons. The van der Waals surface area contributed by atoms with Gasteiger partial charge in [-0.25, -0.2) is 5.43 Å². The van der Waals surface area contributed by atoms with Crippen LogP contribution in [0.15, 0.2) is 59.7 Å². The number of para-hydroxylation sites is 1. The van der Waals surface area contributed by atoms with Gasteiger partial charge in [0.15, 0.2) is 18.1 Å². The van der Waals surface area contributed by atoms with Crippen LogP contribution < -0.4 is 19.6 Å². The number of non-ortho nitro benzene ring substituents is 1. The Balaban J connectivity index is 1.67. The number of amides is 1. The molecule has 0 aromatic heterocycles. The Hall–Kier alpha value is -5.00. The van der Waals surface area contributed by atoms with Crippen molar-refractivity contribution in [2.24, 2.45) is 5.10 Å². The van der Waals surface area contributed by atoms with E-state index in [9.17, 15) is 25.0 Å². The molecule has 0 atom stereocenters. The van der Waals surface area contributed by atoms with E-state index in [0.717, 1.165) is 29.3 Å². The van der Waals surface area contributed by atoms with Crippen LogP contribution in [-0.2, 0) is 4.79 Å². The quantitative estimate of drug-likeness (QED) is 0.246. The molecule has 0 spiro atoms. The van der Waals surface area contributed by atoms with E-state index >= 15 is 0 Å². The standard InChI is InChI=1S/C24H22N4O8/c1-15-5-4-6-16(2)24(15)35-14-23(29)26-25-13-17-7-9-21(22(11-17)34-3)36-20-10-8-18(27(30)31)12-19(20)28(32)33/h4-13H,14H2,1-3H3,(H,26,29)/b25-13+. The van der Waals surface area contributed by atoms with E-state index in [-0.39, 0.29) is 23.9 Å². The van der Waals surface area contributed by atoms with Gasteiger partial charge in [0.25, 0.3) is 11.6 Å². The van der Waals surface area contributed by atoms with E-state index in [4.69, 9.17) is 14.2 Å². The largest absolute Gasteiger partial charge is 0.493 e. The molecule has 0 unspecified atom stereocenters. The number of hydrogen-bond acceptors (Lipinski definition) is 9. The zero-order chi connectivity index (χ0) is 26.2. The minimum atomic E-state index is -0.775. The number of ether oxygens (including phenoxy) is 3. The number of nitrogens with one attached hydrogen (secondary N) is 1. The molecule has 0 aliphatic rings. The summed E-state index contributed by atoms with van der Waals surface area (Å²) in [4.78, 5) is 32.8. The van der Waals surface area contributed by atoms with E-state index < -0.39 is 27.1 Å². The average molecular weight is 494 g/mol. The summed E-state index contributed by atoms with van der Waals surface area (Å²) in [5, 5.41) is 26.2. The number of rotatable bonds is 10. The molecule has 0 bridgehead atoms. The van der Waals surface area contributed by atoms with Gasteiger partial charge in [-0.2, -0.15) is 5.10 Å². The minimum absolute atomic E-state index is 0.137. The number of nitrogens with zero attached hydrogens (tertiary/aromatic N) is 3. The number of benzene rings is 3. The predicted molar refractivity (Wildman–Crippen MR) is 130 cm³/mol. The summed E-state index contributed by atoms with van der Waals surface area (Å²) in [6, 6.07) is 13.3. The molecule has 3 aromatic rings. The highest BCUT2D eigenvalue weighted by atomic mass is 16.6. The molecule has 3 aromatic carbocycles. The summed E-state index contributed by atoms with van der Waals surface area (Å²) < 4.78 is 16.5. The maximum Gasteiger partial charge on any atom is 0.318 e. The smallest absolute Gasteiger partial charge is 0.318 e. The van der Waals surface area contributed by atoms with Gasteiger partial charge in [-0.15, -0.1) is 0 Å². The highest BCUT2D eigenvalue weighted by Crippen LogP contribution is 2.38. The fourth-order valence-electron chi connectivity index (χ4n) is 3.19. The Morgan fingerprint density at radius 2 is 1.67 bits per heavy atom. The van der Waals surface area contributed by atoms with Crippen LogP contribution in [0.3, 0.4) is 0 Å². The molecule has 0 aliphatic carbocycles. The summed E-state index contributed by atoms with van der Waals surface area (Å²) in [6.07, 6.45) is 1.37. The zero-order valence-corrected chi connectivity index (χ0v) is 19.6. The number of nitro benzene ring substituents is 2. The second-order valence-electron chi connectivity index (χ2n) is 7.48. The molecule has 0 saturated carbocycles. The van der Waals surface area contributed by atoms with Gasteiger partial charge in [-0.05, 0) is 54.8 Å². The van der Waals surface area contributed by atoms with E-state index in [1.165, 1.54) is 25.5 Å². The second kappa shape index (κ2) is 11.4. The van der Waals surface area contributed by atoms with Gasteiger partial charge in [-0.1, -0.05) is 18.2 Å². The van der Waals surface area contributed by atoms with E-state index in [2.05, 4.69) is 10.5 Å². The molecule has 0 aliphatic heterocycles. The molecule has 36 heavy (non-hydrogen) atoms. The number of hydrogen-bond donors (Lipinski definition) is 1. The minimum Gasteiger partial charge on any atom is -0.493 e. The molecular formula is C24H22N4O8. The molecule has 0 radical (unpaired) electrons. The van der Waals surface area contributed by atoms with Crippen molar-refractivity contribution in [1.82, 2.24) is 5.43 Å². The molecule has 0 fully saturated rings. The molecule has 0 saturated heterocycles. The second-order valence-corrected chi connectivity index (χ2v) is 7.48. The van der Waals surface area contributed by atoms with Gasteiger partial charge >= 0.3 is 5.69 Å². The normalized spacial score (nSPS) is 10.6. The molecular weight excluding hydrogens is 472 g/mol. The fraction of sp³-hybridized carbons (Fsp3) is 0.167. The summed E-state index contributed by atoms with van der Waals surface area (Å²) in [6.45, 7) is 3.56. The number of nitro groups is 2. The van der Waals surface area contributed by atoms with Gasteiger partial charge in [0.1, 0.15) is 5.75 Å². The molecule has 1 N–H and O–H groups in total. The third kappa shape index (κ3) is 6.32. The summed E-state index contributed by atoms with van der Waals surface area (Å²) in [7, 11) is 1.38.